The lowest BCUT2D eigenvalue weighted by Gasteiger charge is -2.39. The Morgan fingerprint density at radius 1 is 1.07 bits per heavy atom. The van der Waals surface area contributed by atoms with Crippen LogP contribution in [0.2, 0.25) is 0 Å². The second-order valence-corrected chi connectivity index (χ2v) is 13.6. The zero-order valence-electron chi connectivity index (χ0n) is 25.3. The van der Waals surface area contributed by atoms with E-state index in [0.717, 1.165) is 11.8 Å². The molecule has 3 saturated heterocycles. The van der Waals surface area contributed by atoms with E-state index < -0.39 is 29.6 Å². The molecule has 0 N–H and O–H groups in total. The smallest absolute Gasteiger partial charge is 0.433 e. The maximum Gasteiger partial charge on any atom is 0.433 e. The molecule has 2 atom stereocenters. The lowest BCUT2D eigenvalue weighted by molar-refractivity contribution is -0.141. The molecule has 13 heteroatoms. The van der Waals surface area contributed by atoms with E-state index in [0.29, 0.717) is 68.4 Å². The van der Waals surface area contributed by atoms with Crippen molar-refractivity contribution in [2.75, 3.05) is 55.8 Å². The van der Waals surface area contributed by atoms with Gasteiger partial charge in [0.25, 0.3) is 0 Å². The summed E-state index contributed by atoms with van der Waals surface area (Å²) in [5.41, 5.74) is -0.996. The molecular weight excluding hydrogens is 583 g/mol. The Morgan fingerprint density at radius 2 is 1.79 bits per heavy atom. The fourth-order valence-electron chi connectivity index (χ4n) is 5.92. The van der Waals surface area contributed by atoms with Crippen molar-refractivity contribution in [2.24, 2.45) is 0 Å². The van der Waals surface area contributed by atoms with E-state index in [4.69, 9.17) is 9.47 Å². The number of carbonyl (C=O) groups excluding carboxylic acids is 2. The summed E-state index contributed by atoms with van der Waals surface area (Å²) in [6, 6.07) is 5.65. The van der Waals surface area contributed by atoms with Gasteiger partial charge in [-0.1, -0.05) is 12.1 Å². The minimum atomic E-state index is -4.61. The zero-order valence-corrected chi connectivity index (χ0v) is 26.1. The first-order chi connectivity index (χ1) is 20.2. The van der Waals surface area contributed by atoms with Crippen LogP contribution in [0.3, 0.4) is 0 Å². The molecule has 9 nitrogen and oxygen atoms in total. The van der Waals surface area contributed by atoms with Gasteiger partial charge in [0, 0.05) is 62.1 Å². The summed E-state index contributed by atoms with van der Waals surface area (Å²) in [5.74, 6) is 1.75. The molecule has 1 aromatic carbocycles. The number of nitrogens with zero attached hydrogens (tertiary/aromatic N) is 5. The molecule has 0 radical (unpaired) electrons. The molecule has 3 fully saturated rings. The number of benzene rings is 1. The fourth-order valence-corrected chi connectivity index (χ4v) is 6.88. The molecule has 1 aromatic heterocycles. The molecule has 0 unspecified atom stereocenters. The fraction of sp³-hybridized carbons (Fsp3) is 0.633. The number of rotatable bonds is 5. The second-order valence-electron chi connectivity index (χ2n) is 12.5. The monoisotopic (exact) mass is 623 g/mol. The first kappa shape index (κ1) is 31.5. The summed E-state index contributed by atoms with van der Waals surface area (Å²) in [6.45, 7) is 12.2. The van der Waals surface area contributed by atoms with Crippen LogP contribution in [0.4, 0.5) is 23.7 Å². The highest BCUT2D eigenvalue weighted by Crippen LogP contribution is 2.38. The molecule has 0 aliphatic carbocycles. The van der Waals surface area contributed by atoms with E-state index >= 15 is 0 Å². The molecule has 3 aliphatic rings. The van der Waals surface area contributed by atoms with Crippen LogP contribution < -0.4 is 9.64 Å². The van der Waals surface area contributed by atoms with Gasteiger partial charge in [0.2, 0.25) is 5.91 Å². The summed E-state index contributed by atoms with van der Waals surface area (Å²) in [6.07, 6.45) is -4.84. The van der Waals surface area contributed by atoms with Crippen LogP contribution in [-0.2, 0) is 15.7 Å². The molecule has 43 heavy (non-hydrogen) atoms. The Labute approximate surface area is 254 Å². The van der Waals surface area contributed by atoms with E-state index in [1.807, 2.05) is 18.7 Å². The average molecular weight is 624 g/mol. The Kier molecular flexibility index (Phi) is 8.95. The van der Waals surface area contributed by atoms with Crippen molar-refractivity contribution in [1.82, 2.24) is 19.7 Å². The molecule has 0 spiro atoms. The summed E-state index contributed by atoms with van der Waals surface area (Å²) < 4.78 is 53.3. The Balaban J connectivity index is 1.35. The van der Waals surface area contributed by atoms with Crippen LogP contribution in [0.25, 0.3) is 10.9 Å². The van der Waals surface area contributed by atoms with E-state index in [-0.39, 0.29) is 23.6 Å². The first-order valence-electron chi connectivity index (χ1n) is 14.7. The predicted molar refractivity (Wildman–Crippen MR) is 160 cm³/mol. The third-order valence-corrected chi connectivity index (χ3v) is 8.83. The van der Waals surface area contributed by atoms with Gasteiger partial charge in [-0.05, 0) is 53.2 Å². The number of carbonyl (C=O) groups is 2. The van der Waals surface area contributed by atoms with Gasteiger partial charge in [-0.15, -0.1) is 11.8 Å². The van der Waals surface area contributed by atoms with Crippen molar-refractivity contribution in [3.63, 3.8) is 0 Å². The highest BCUT2D eigenvalue weighted by atomic mass is 32.2. The lowest BCUT2D eigenvalue weighted by Crippen LogP contribution is -2.51. The van der Waals surface area contributed by atoms with Crippen LogP contribution in [0.1, 0.15) is 46.7 Å². The van der Waals surface area contributed by atoms with Gasteiger partial charge >= 0.3 is 12.3 Å². The number of piperazine rings is 1. The molecule has 3 aliphatic heterocycles. The minimum Gasteiger partial charge on any atom is -0.489 e. The maximum atomic E-state index is 13.9. The van der Waals surface area contributed by atoms with E-state index in [2.05, 4.69) is 9.88 Å². The number of hydrogen-bond acceptors (Lipinski definition) is 8. The molecule has 0 saturated carbocycles. The predicted octanol–water partition coefficient (Wildman–Crippen LogP) is 5.07. The van der Waals surface area contributed by atoms with Crippen molar-refractivity contribution in [3.05, 3.63) is 30.0 Å². The van der Waals surface area contributed by atoms with Gasteiger partial charge < -0.3 is 19.3 Å². The number of thioether (sulfide) groups is 1. The van der Waals surface area contributed by atoms with Gasteiger partial charge in [-0.25, -0.2) is 9.78 Å². The number of hydrogen-bond donors (Lipinski definition) is 0. The number of ether oxygens (including phenoxy) is 2. The number of pyridine rings is 1. The first-order valence-corrected chi connectivity index (χ1v) is 15.9. The maximum absolute atomic E-state index is 13.9. The Hall–Kier alpha value is -2.93. The number of alkyl halides is 3. The number of anilines is 1. The van der Waals surface area contributed by atoms with Crippen LogP contribution >= 0.6 is 11.8 Å². The van der Waals surface area contributed by atoms with E-state index in [1.165, 1.54) is 0 Å². The minimum absolute atomic E-state index is 0.0562. The van der Waals surface area contributed by atoms with Crippen molar-refractivity contribution in [1.29, 1.82) is 0 Å². The van der Waals surface area contributed by atoms with Crippen LogP contribution in [0.15, 0.2) is 24.3 Å². The normalized spacial score (nSPS) is 22.1. The van der Waals surface area contributed by atoms with Gasteiger partial charge in [-0.2, -0.15) is 13.2 Å². The Bertz CT molecular complexity index is 1340. The molecule has 236 valence electrons. The number of para-hydroxylation sites is 1. The second kappa shape index (κ2) is 12.2. The third kappa shape index (κ3) is 7.08. The van der Waals surface area contributed by atoms with Gasteiger partial charge in [-0.3, -0.25) is 14.6 Å². The van der Waals surface area contributed by atoms with Crippen LogP contribution in [0.5, 0.6) is 5.75 Å². The van der Waals surface area contributed by atoms with Crippen LogP contribution in [-0.4, -0.2) is 106 Å². The molecular formula is C30H40F3N5O4S. The molecule has 2 amide bonds. The highest BCUT2D eigenvalue weighted by Gasteiger charge is 2.45. The number of aromatic nitrogens is 1. The quantitative estimate of drug-likeness (QED) is 0.457. The topological polar surface area (TPSA) is 78.5 Å². The van der Waals surface area contributed by atoms with Crippen molar-refractivity contribution >= 4 is 40.4 Å². The molecule has 0 bridgehead atoms. The number of fused-ring (bicyclic) bond motifs is 1. The molecule has 5 rings (SSSR count). The summed E-state index contributed by atoms with van der Waals surface area (Å²) in [7, 11) is 0. The standard InChI is InChI=1S/C30H40F3N5O4S/c1-19(2)41-24-8-6-7-21-22(16-25(30(31,32)33)34-26(21)24)36-11-9-35(10-12-36)20-15-23(27(39)37-13-14-43-18-37)38(17-20)28(40)42-29(3,4)5/h6-8,16,19-20,23H,9-15,17-18H2,1-5H3/t20-,23-/m0/s1. The molecule has 4 heterocycles. The summed E-state index contributed by atoms with van der Waals surface area (Å²) in [4.78, 5) is 38.2. The van der Waals surface area contributed by atoms with E-state index in [9.17, 15) is 22.8 Å². The summed E-state index contributed by atoms with van der Waals surface area (Å²) >= 11 is 1.69. The average Bonchev–Trinajstić information content (AvgIpc) is 3.62. The third-order valence-electron chi connectivity index (χ3n) is 7.86. The lowest BCUT2D eigenvalue weighted by atomic mass is 10.1. The van der Waals surface area contributed by atoms with Crippen LogP contribution in [0, 0.1) is 0 Å². The van der Waals surface area contributed by atoms with E-state index in [1.54, 1.807) is 60.5 Å². The number of amides is 2. The van der Waals surface area contributed by atoms with Gasteiger partial charge in [0.15, 0.2) is 0 Å². The largest absolute Gasteiger partial charge is 0.489 e. The highest BCUT2D eigenvalue weighted by molar-refractivity contribution is 7.99. The van der Waals surface area contributed by atoms with Gasteiger partial charge in [0.05, 0.1) is 12.0 Å². The number of halogens is 3. The van der Waals surface area contributed by atoms with Crippen molar-refractivity contribution in [3.8, 4) is 5.75 Å². The Morgan fingerprint density at radius 3 is 2.40 bits per heavy atom. The number of likely N-dealkylation sites (tertiary alicyclic amines) is 1. The summed E-state index contributed by atoms with van der Waals surface area (Å²) in [5, 5.41) is 0.603. The SMILES string of the molecule is CC(C)Oc1cccc2c(N3CCN([C@H]4C[C@@H](C(=O)N5CCSC5)N(C(=O)OC(C)(C)C)C4)CC3)cc(C(F)(F)F)nc12. The van der Waals surface area contributed by atoms with Gasteiger partial charge in [0.1, 0.15) is 28.6 Å². The zero-order chi connectivity index (χ0) is 31.1. The van der Waals surface area contributed by atoms with Crippen molar-refractivity contribution < 1.29 is 32.2 Å². The van der Waals surface area contributed by atoms with Crippen molar-refractivity contribution in [2.45, 2.75) is 71.0 Å². The molecule has 2 aromatic rings.